The van der Waals surface area contributed by atoms with E-state index in [1.54, 1.807) is 0 Å². The summed E-state index contributed by atoms with van der Waals surface area (Å²) in [6.45, 7) is 0.263. The fourth-order valence-electron chi connectivity index (χ4n) is 0.486. The van der Waals surface area contributed by atoms with Crippen LogP contribution in [0.5, 0.6) is 0 Å². The predicted octanol–water partition coefficient (Wildman–Crippen LogP) is -2.29. The van der Waals surface area contributed by atoms with Crippen LogP contribution in [0.4, 0.5) is 0 Å². The first-order valence-corrected chi connectivity index (χ1v) is 3.09. The van der Waals surface area contributed by atoms with Crippen molar-refractivity contribution in [2.75, 3.05) is 6.54 Å². The summed E-state index contributed by atoms with van der Waals surface area (Å²) < 4.78 is 0. The molecule has 0 radical (unpaired) electrons. The molecule has 0 spiro atoms. The molecule has 7 N–H and O–H groups in total. The van der Waals surface area contributed by atoms with E-state index in [0.717, 1.165) is 0 Å². The summed E-state index contributed by atoms with van der Waals surface area (Å²) >= 11 is 0. The lowest BCUT2D eigenvalue weighted by atomic mass is 10.2. The molecule has 0 rings (SSSR count). The van der Waals surface area contributed by atoms with Crippen LogP contribution in [0.2, 0.25) is 0 Å². The van der Waals surface area contributed by atoms with Crippen LogP contribution in [0.1, 0.15) is 6.42 Å². The molecule has 0 saturated carbocycles. The van der Waals surface area contributed by atoms with Gasteiger partial charge in [0.05, 0.1) is 0 Å². The van der Waals surface area contributed by atoms with Crippen LogP contribution in [0.15, 0.2) is 0 Å². The summed E-state index contributed by atoms with van der Waals surface area (Å²) in [4.78, 5) is 10.2. The van der Waals surface area contributed by atoms with Crippen LogP contribution in [-0.2, 0) is 4.79 Å². The number of nitrogens with two attached hydrogens (primary N) is 2. The van der Waals surface area contributed by atoms with Crippen LogP contribution < -0.4 is 16.8 Å². The first-order valence-electron chi connectivity index (χ1n) is 3.09. The Morgan fingerprint density at radius 3 is 2.55 bits per heavy atom. The summed E-state index contributed by atoms with van der Waals surface area (Å²) in [5.74, 6) is -0.961. The average Bonchev–Trinajstić information content (AvgIpc) is 1.86. The molecule has 1 atom stereocenters. The van der Waals surface area contributed by atoms with Gasteiger partial charge in [-0.15, -0.1) is 0 Å². The molecule has 1 amide bonds. The molecule has 0 saturated heterocycles. The van der Waals surface area contributed by atoms with Gasteiger partial charge in [0.15, 0.2) is 5.96 Å². The van der Waals surface area contributed by atoms with Gasteiger partial charge >= 0.3 is 0 Å². The van der Waals surface area contributed by atoms with Gasteiger partial charge in [-0.1, -0.05) is 0 Å². The third kappa shape index (κ3) is 5.16. The molecule has 0 aliphatic carbocycles. The van der Waals surface area contributed by atoms with E-state index >= 15 is 0 Å². The third-order valence-corrected chi connectivity index (χ3v) is 1.06. The van der Waals surface area contributed by atoms with Crippen molar-refractivity contribution in [3.8, 4) is 0 Å². The summed E-state index contributed by atoms with van der Waals surface area (Å²) in [5.41, 5.74) is 9.68. The Hall–Kier alpha value is -1.30. The fourth-order valence-corrected chi connectivity index (χ4v) is 0.486. The SMILES string of the molecule is N=C(N)NCC[C@H](O)C(N)=O. The molecular weight excluding hydrogens is 148 g/mol. The minimum atomic E-state index is -1.16. The standard InChI is InChI=1S/C5H12N4O2/c6-4(11)3(10)1-2-9-5(7)8/h3,10H,1-2H2,(H2,6,11)(H4,7,8,9)/t3-/m0/s1. The van der Waals surface area contributed by atoms with Gasteiger partial charge in [0, 0.05) is 6.54 Å². The lowest BCUT2D eigenvalue weighted by Gasteiger charge is -2.06. The van der Waals surface area contributed by atoms with Crippen LogP contribution in [-0.4, -0.2) is 29.6 Å². The Balaban J connectivity index is 3.39. The van der Waals surface area contributed by atoms with Gasteiger partial charge in [-0.25, -0.2) is 0 Å². The number of guanidine groups is 1. The molecule has 0 aliphatic rings. The Morgan fingerprint density at radius 2 is 2.18 bits per heavy atom. The molecule has 0 aromatic rings. The highest BCUT2D eigenvalue weighted by molar-refractivity contribution is 5.78. The minimum Gasteiger partial charge on any atom is -0.383 e. The van der Waals surface area contributed by atoms with Crippen molar-refractivity contribution in [3.05, 3.63) is 0 Å². The van der Waals surface area contributed by atoms with Crippen molar-refractivity contribution in [3.63, 3.8) is 0 Å². The molecular formula is C5H12N4O2. The quantitative estimate of drug-likeness (QED) is 0.234. The predicted molar refractivity (Wildman–Crippen MR) is 39.7 cm³/mol. The summed E-state index contributed by atoms with van der Waals surface area (Å²) in [7, 11) is 0. The van der Waals surface area contributed by atoms with E-state index in [4.69, 9.17) is 22.0 Å². The number of amides is 1. The number of hydrogen-bond donors (Lipinski definition) is 5. The number of carbonyl (C=O) groups is 1. The smallest absolute Gasteiger partial charge is 0.246 e. The van der Waals surface area contributed by atoms with E-state index in [1.165, 1.54) is 0 Å². The number of nitrogens with one attached hydrogen (secondary N) is 2. The van der Waals surface area contributed by atoms with Gasteiger partial charge in [-0.3, -0.25) is 10.2 Å². The van der Waals surface area contributed by atoms with E-state index in [-0.39, 0.29) is 18.9 Å². The van der Waals surface area contributed by atoms with E-state index < -0.39 is 12.0 Å². The molecule has 0 heterocycles. The van der Waals surface area contributed by atoms with E-state index in [2.05, 4.69) is 5.32 Å². The summed E-state index contributed by atoms with van der Waals surface area (Å²) in [5, 5.41) is 18.0. The normalized spacial score (nSPS) is 12.1. The maximum Gasteiger partial charge on any atom is 0.246 e. The van der Waals surface area contributed by atoms with Crippen molar-refractivity contribution < 1.29 is 9.90 Å². The third-order valence-electron chi connectivity index (χ3n) is 1.06. The second-order valence-electron chi connectivity index (χ2n) is 2.05. The van der Waals surface area contributed by atoms with Crippen molar-refractivity contribution in [1.82, 2.24) is 5.32 Å². The van der Waals surface area contributed by atoms with Crippen molar-refractivity contribution >= 4 is 11.9 Å². The molecule has 0 aromatic heterocycles. The zero-order chi connectivity index (χ0) is 8.85. The molecule has 0 unspecified atom stereocenters. The first-order chi connectivity index (χ1) is 5.04. The molecule has 0 aromatic carbocycles. The maximum atomic E-state index is 10.2. The zero-order valence-electron chi connectivity index (χ0n) is 6.00. The van der Waals surface area contributed by atoms with E-state index in [9.17, 15) is 4.79 Å². The van der Waals surface area contributed by atoms with Crippen LogP contribution in [0, 0.1) is 5.41 Å². The van der Waals surface area contributed by atoms with Crippen LogP contribution in [0.25, 0.3) is 0 Å². The van der Waals surface area contributed by atoms with E-state index in [1.807, 2.05) is 0 Å². The topological polar surface area (TPSA) is 125 Å². The fraction of sp³-hybridized carbons (Fsp3) is 0.600. The van der Waals surface area contributed by atoms with Crippen molar-refractivity contribution in [1.29, 1.82) is 5.41 Å². The minimum absolute atomic E-state index is 0.162. The first kappa shape index (κ1) is 9.70. The monoisotopic (exact) mass is 160 g/mol. The number of hydrogen-bond acceptors (Lipinski definition) is 3. The van der Waals surface area contributed by atoms with Crippen LogP contribution >= 0.6 is 0 Å². The Morgan fingerprint density at radius 1 is 1.64 bits per heavy atom. The van der Waals surface area contributed by atoms with Gasteiger partial charge in [-0.05, 0) is 6.42 Å². The largest absolute Gasteiger partial charge is 0.383 e. The number of aliphatic hydroxyl groups is 1. The van der Waals surface area contributed by atoms with Crippen LogP contribution in [0.3, 0.4) is 0 Å². The lowest BCUT2D eigenvalue weighted by Crippen LogP contribution is -2.36. The highest BCUT2D eigenvalue weighted by atomic mass is 16.3. The van der Waals surface area contributed by atoms with Crippen molar-refractivity contribution in [2.45, 2.75) is 12.5 Å². The van der Waals surface area contributed by atoms with Gasteiger partial charge in [0.2, 0.25) is 5.91 Å². The maximum absolute atomic E-state index is 10.2. The number of rotatable bonds is 4. The average molecular weight is 160 g/mol. The summed E-state index contributed by atoms with van der Waals surface area (Å²) in [6.07, 6.45) is -1.00. The molecule has 11 heavy (non-hydrogen) atoms. The van der Waals surface area contributed by atoms with Crippen molar-refractivity contribution in [2.24, 2.45) is 11.5 Å². The molecule has 0 bridgehead atoms. The second-order valence-corrected chi connectivity index (χ2v) is 2.05. The zero-order valence-corrected chi connectivity index (χ0v) is 6.00. The molecule has 0 aliphatic heterocycles. The van der Waals surface area contributed by atoms with Gasteiger partial charge in [0.25, 0.3) is 0 Å². The molecule has 6 heteroatoms. The van der Waals surface area contributed by atoms with Gasteiger partial charge < -0.3 is 21.9 Å². The van der Waals surface area contributed by atoms with E-state index in [0.29, 0.717) is 0 Å². The Labute approximate surface area is 64.1 Å². The molecule has 64 valence electrons. The molecule has 6 nitrogen and oxygen atoms in total. The van der Waals surface area contributed by atoms with Gasteiger partial charge in [-0.2, -0.15) is 0 Å². The number of carbonyl (C=O) groups excluding carboxylic acids is 1. The lowest BCUT2D eigenvalue weighted by molar-refractivity contribution is -0.126. The highest BCUT2D eigenvalue weighted by Gasteiger charge is 2.09. The highest BCUT2D eigenvalue weighted by Crippen LogP contribution is 1.86. The number of primary amides is 1. The summed E-state index contributed by atoms with van der Waals surface area (Å²) in [6, 6.07) is 0. The Bertz CT molecular complexity index is 159. The molecule has 0 fully saturated rings. The number of aliphatic hydroxyl groups excluding tert-OH is 1. The second kappa shape index (κ2) is 4.51. The van der Waals surface area contributed by atoms with Gasteiger partial charge in [0.1, 0.15) is 6.10 Å². The Kier molecular flexibility index (Phi) is 3.97.